The van der Waals surface area contributed by atoms with Gasteiger partial charge in [0.1, 0.15) is 0 Å². The lowest BCUT2D eigenvalue weighted by molar-refractivity contribution is -0.121. The van der Waals surface area contributed by atoms with Crippen LogP contribution in [0.25, 0.3) is 0 Å². The second-order valence-corrected chi connectivity index (χ2v) is 5.40. The summed E-state index contributed by atoms with van der Waals surface area (Å²) in [6, 6.07) is 7.93. The molecule has 0 radical (unpaired) electrons. The molecule has 1 aromatic carbocycles. The zero-order valence-corrected chi connectivity index (χ0v) is 12.4. The lowest BCUT2D eigenvalue weighted by Gasteiger charge is -2.17. The SMILES string of the molecule is Cl.NCCCC(=O)NCC1(c2cccc(Cl)c2)CC1. The van der Waals surface area contributed by atoms with Crippen molar-refractivity contribution in [1.29, 1.82) is 0 Å². The number of nitrogens with two attached hydrogens (primary N) is 1. The molecule has 0 heterocycles. The summed E-state index contributed by atoms with van der Waals surface area (Å²) in [7, 11) is 0. The van der Waals surface area contributed by atoms with Gasteiger partial charge in [0.25, 0.3) is 0 Å². The van der Waals surface area contributed by atoms with Crippen molar-refractivity contribution in [2.75, 3.05) is 13.1 Å². The first kappa shape index (κ1) is 16.3. The Bertz CT molecular complexity index is 433. The van der Waals surface area contributed by atoms with E-state index in [-0.39, 0.29) is 23.7 Å². The van der Waals surface area contributed by atoms with Gasteiger partial charge in [0, 0.05) is 23.4 Å². The predicted molar refractivity (Wildman–Crippen MR) is 80.9 cm³/mol. The van der Waals surface area contributed by atoms with Crippen molar-refractivity contribution in [2.45, 2.75) is 31.1 Å². The Morgan fingerprint density at radius 3 is 2.74 bits per heavy atom. The molecule has 1 amide bonds. The first-order valence-electron chi connectivity index (χ1n) is 6.39. The van der Waals surface area contributed by atoms with Crippen LogP contribution in [0.4, 0.5) is 0 Å². The van der Waals surface area contributed by atoms with Crippen LogP contribution in [-0.4, -0.2) is 19.0 Å². The van der Waals surface area contributed by atoms with Gasteiger partial charge in [0.15, 0.2) is 0 Å². The first-order chi connectivity index (χ1) is 8.66. The quantitative estimate of drug-likeness (QED) is 0.849. The van der Waals surface area contributed by atoms with Crippen molar-refractivity contribution in [3.63, 3.8) is 0 Å². The van der Waals surface area contributed by atoms with Crippen LogP contribution in [-0.2, 0) is 10.2 Å². The maximum atomic E-state index is 11.6. The Morgan fingerprint density at radius 1 is 1.42 bits per heavy atom. The van der Waals surface area contributed by atoms with Gasteiger partial charge in [-0.05, 0) is 43.5 Å². The van der Waals surface area contributed by atoms with E-state index in [1.807, 2.05) is 18.2 Å². The molecule has 1 aliphatic carbocycles. The highest BCUT2D eigenvalue weighted by molar-refractivity contribution is 6.30. The molecule has 0 unspecified atom stereocenters. The summed E-state index contributed by atoms with van der Waals surface area (Å²) >= 11 is 6.01. The van der Waals surface area contributed by atoms with Crippen LogP contribution in [0.1, 0.15) is 31.2 Å². The van der Waals surface area contributed by atoms with E-state index in [2.05, 4.69) is 11.4 Å². The van der Waals surface area contributed by atoms with Crippen molar-refractivity contribution in [3.05, 3.63) is 34.9 Å². The second-order valence-electron chi connectivity index (χ2n) is 4.96. The Hall–Kier alpha value is -0.770. The van der Waals surface area contributed by atoms with E-state index in [1.165, 1.54) is 5.56 Å². The van der Waals surface area contributed by atoms with E-state index in [0.717, 1.165) is 24.3 Å². The molecule has 1 saturated carbocycles. The van der Waals surface area contributed by atoms with Crippen LogP contribution >= 0.6 is 24.0 Å². The number of hydrogen-bond acceptors (Lipinski definition) is 2. The molecular weight excluding hydrogens is 283 g/mol. The molecule has 1 aliphatic rings. The number of nitrogens with one attached hydrogen (secondary N) is 1. The summed E-state index contributed by atoms with van der Waals surface area (Å²) in [4.78, 5) is 11.6. The maximum Gasteiger partial charge on any atom is 0.220 e. The molecule has 1 aromatic rings. The molecule has 19 heavy (non-hydrogen) atoms. The number of carbonyl (C=O) groups is 1. The number of amides is 1. The van der Waals surface area contributed by atoms with E-state index in [1.54, 1.807) is 0 Å². The standard InChI is InChI=1S/C14H19ClN2O.ClH/c15-12-4-1-3-11(9-12)14(6-7-14)10-17-13(18)5-2-8-16;/h1,3-4,9H,2,5-8,10,16H2,(H,17,18);1H. The van der Waals surface area contributed by atoms with E-state index >= 15 is 0 Å². The molecule has 0 bridgehead atoms. The van der Waals surface area contributed by atoms with Gasteiger partial charge in [-0.3, -0.25) is 4.79 Å². The average molecular weight is 303 g/mol. The van der Waals surface area contributed by atoms with E-state index in [9.17, 15) is 4.79 Å². The maximum absolute atomic E-state index is 11.6. The van der Waals surface area contributed by atoms with E-state index < -0.39 is 0 Å². The van der Waals surface area contributed by atoms with Crippen LogP contribution < -0.4 is 11.1 Å². The van der Waals surface area contributed by atoms with Crippen LogP contribution in [0, 0.1) is 0 Å². The normalized spacial score (nSPS) is 15.5. The summed E-state index contributed by atoms with van der Waals surface area (Å²) in [5.41, 5.74) is 6.73. The molecule has 0 atom stereocenters. The molecule has 3 nitrogen and oxygen atoms in total. The molecule has 1 fully saturated rings. The van der Waals surface area contributed by atoms with Crippen LogP contribution in [0.2, 0.25) is 5.02 Å². The van der Waals surface area contributed by atoms with Gasteiger partial charge >= 0.3 is 0 Å². The molecule has 106 valence electrons. The lowest BCUT2D eigenvalue weighted by atomic mass is 9.96. The van der Waals surface area contributed by atoms with Crippen molar-refractivity contribution >= 4 is 29.9 Å². The minimum absolute atomic E-state index is 0. The molecule has 0 aliphatic heterocycles. The Morgan fingerprint density at radius 2 is 2.16 bits per heavy atom. The predicted octanol–water partition coefficient (Wildman–Crippen LogP) is 2.65. The largest absolute Gasteiger partial charge is 0.355 e. The highest BCUT2D eigenvalue weighted by Gasteiger charge is 2.44. The summed E-state index contributed by atoms with van der Waals surface area (Å²) < 4.78 is 0. The van der Waals surface area contributed by atoms with E-state index in [0.29, 0.717) is 19.5 Å². The van der Waals surface area contributed by atoms with Crippen molar-refractivity contribution in [1.82, 2.24) is 5.32 Å². The van der Waals surface area contributed by atoms with Gasteiger partial charge in [0.05, 0.1) is 0 Å². The Kier molecular flexibility index (Phi) is 6.11. The molecule has 5 heteroatoms. The van der Waals surface area contributed by atoms with Crippen molar-refractivity contribution < 1.29 is 4.79 Å². The Balaban J connectivity index is 0.00000180. The topological polar surface area (TPSA) is 55.1 Å². The highest BCUT2D eigenvalue weighted by Crippen LogP contribution is 2.48. The smallest absolute Gasteiger partial charge is 0.220 e. The van der Waals surface area contributed by atoms with Crippen molar-refractivity contribution in [2.24, 2.45) is 5.73 Å². The van der Waals surface area contributed by atoms with Gasteiger partial charge in [0.2, 0.25) is 5.91 Å². The van der Waals surface area contributed by atoms with Gasteiger partial charge in [-0.2, -0.15) is 0 Å². The zero-order valence-electron chi connectivity index (χ0n) is 10.8. The molecule has 2 rings (SSSR count). The van der Waals surface area contributed by atoms with Crippen molar-refractivity contribution in [3.8, 4) is 0 Å². The van der Waals surface area contributed by atoms with E-state index in [4.69, 9.17) is 17.3 Å². The summed E-state index contributed by atoms with van der Waals surface area (Å²) in [5.74, 6) is 0.0914. The van der Waals surface area contributed by atoms with Gasteiger partial charge in [-0.1, -0.05) is 23.7 Å². The molecule has 0 spiro atoms. The molecule has 0 aromatic heterocycles. The van der Waals surface area contributed by atoms with Crippen LogP contribution in [0.3, 0.4) is 0 Å². The number of hydrogen-bond donors (Lipinski definition) is 2. The fourth-order valence-electron chi connectivity index (χ4n) is 2.16. The van der Waals surface area contributed by atoms with Gasteiger partial charge in [-0.15, -0.1) is 12.4 Å². The average Bonchev–Trinajstić information content (AvgIpc) is 3.15. The molecule has 3 N–H and O–H groups in total. The summed E-state index contributed by atoms with van der Waals surface area (Å²) in [6.45, 7) is 1.27. The van der Waals surface area contributed by atoms with Gasteiger partial charge < -0.3 is 11.1 Å². The highest BCUT2D eigenvalue weighted by atomic mass is 35.5. The fourth-order valence-corrected chi connectivity index (χ4v) is 2.35. The third kappa shape index (κ3) is 4.37. The monoisotopic (exact) mass is 302 g/mol. The third-order valence-corrected chi connectivity index (χ3v) is 3.76. The Labute approximate surface area is 125 Å². The summed E-state index contributed by atoms with van der Waals surface area (Å²) in [6.07, 6.45) is 3.49. The second kappa shape index (κ2) is 7.13. The minimum Gasteiger partial charge on any atom is -0.355 e. The number of halogens is 2. The van der Waals surface area contributed by atoms with Crippen LogP contribution in [0.15, 0.2) is 24.3 Å². The van der Waals surface area contributed by atoms with Gasteiger partial charge in [-0.25, -0.2) is 0 Å². The minimum atomic E-state index is 0. The number of rotatable bonds is 6. The third-order valence-electron chi connectivity index (χ3n) is 3.52. The zero-order chi connectivity index (χ0) is 13.0. The molecular formula is C14H20Cl2N2O. The number of benzene rings is 1. The lowest BCUT2D eigenvalue weighted by Crippen LogP contribution is -2.32. The van der Waals surface area contributed by atoms with Crippen LogP contribution in [0.5, 0.6) is 0 Å². The fraction of sp³-hybridized carbons (Fsp3) is 0.500. The first-order valence-corrected chi connectivity index (χ1v) is 6.77. The summed E-state index contributed by atoms with van der Waals surface area (Å²) in [5, 5.41) is 3.76. The number of carbonyl (C=O) groups excluding carboxylic acids is 1. The molecule has 0 saturated heterocycles.